The lowest BCUT2D eigenvalue weighted by Gasteiger charge is -2.38. The van der Waals surface area contributed by atoms with Crippen LogP contribution in [0.15, 0.2) is 59.1 Å². The number of piperidine rings is 1. The highest BCUT2D eigenvalue weighted by atomic mass is 79.9. The maximum absolute atomic E-state index is 11.5. The second kappa shape index (κ2) is 7.81. The predicted molar refractivity (Wildman–Crippen MR) is 103 cm³/mol. The summed E-state index contributed by atoms with van der Waals surface area (Å²) in [7, 11) is 0. The van der Waals surface area contributed by atoms with Gasteiger partial charge in [-0.3, -0.25) is 0 Å². The first kappa shape index (κ1) is 17.7. The fourth-order valence-electron chi connectivity index (χ4n) is 3.68. The van der Waals surface area contributed by atoms with Crippen molar-refractivity contribution in [3.8, 4) is 0 Å². The van der Waals surface area contributed by atoms with E-state index in [4.69, 9.17) is 0 Å². The summed E-state index contributed by atoms with van der Waals surface area (Å²) in [6.45, 7) is 5.13. The molecule has 3 heteroatoms. The van der Waals surface area contributed by atoms with E-state index >= 15 is 0 Å². The number of likely N-dealkylation sites (tertiary alicyclic amines) is 1. The average molecular weight is 388 g/mol. The Hall–Kier alpha value is -1.16. The summed E-state index contributed by atoms with van der Waals surface area (Å²) in [5.41, 5.74) is 1.27. The van der Waals surface area contributed by atoms with Crippen LogP contribution >= 0.6 is 15.9 Å². The largest absolute Gasteiger partial charge is 0.385 e. The maximum atomic E-state index is 11.5. The van der Waals surface area contributed by atoms with Gasteiger partial charge >= 0.3 is 0 Å². The lowest BCUT2D eigenvalue weighted by molar-refractivity contribution is 0.0107. The van der Waals surface area contributed by atoms with Gasteiger partial charge in [-0.05, 0) is 56.1 Å². The molecule has 0 amide bonds. The summed E-state index contributed by atoms with van der Waals surface area (Å²) in [5, 5.41) is 11.5. The van der Waals surface area contributed by atoms with E-state index in [0.29, 0.717) is 0 Å². The summed E-state index contributed by atoms with van der Waals surface area (Å²) in [5.74, 6) is 0.0537. The van der Waals surface area contributed by atoms with Crippen LogP contribution in [0.3, 0.4) is 0 Å². The SMILES string of the molecule is C[C@](O)(c1ccc(Br)cc1)[C@H](CN1CCCCC1)c1ccccc1. The second-order valence-corrected chi connectivity index (χ2v) is 7.89. The topological polar surface area (TPSA) is 23.5 Å². The van der Waals surface area contributed by atoms with Gasteiger partial charge in [-0.15, -0.1) is 0 Å². The Morgan fingerprint density at radius 1 is 1.00 bits per heavy atom. The molecular weight excluding hydrogens is 362 g/mol. The van der Waals surface area contributed by atoms with E-state index in [9.17, 15) is 5.11 Å². The van der Waals surface area contributed by atoms with Crippen molar-refractivity contribution in [2.75, 3.05) is 19.6 Å². The van der Waals surface area contributed by atoms with Crippen LogP contribution in [0.4, 0.5) is 0 Å². The standard InChI is InChI=1S/C21H26BrNO/c1-21(24,18-10-12-19(22)13-11-18)20(17-8-4-2-5-9-17)16-23-14-6-3-7-15-23/h2,4-5,8-13,20,24H,3,6-7,14-16H2,1H3/t20-,21+/m1/s1. The molecule has 1 N–H and O–H groups in total. The van der Waals surface area contributed by atoms with Gasteiger partial charge in [-0.2, -0.15) is 0 Å². The lowest BCUT2D eigenvalue weighted by atomic mass is 9.78. The molecule has 0 aromatic heterocycles. The van der Waals surface area contributed by atoms with Crippen LogP contribution in [0, 0.1) is 0 Å². The van der Waals surface area contributed by atoms with Crippen LogP contribution < -0.4 is 0 Å². The molecule has 2 atom stereocenters. The van der Waals surface area contributed by atoms with Crippen molar-refractivity contribution >= 4 is 15.9 Å². The summed E-state index contributed by atoms with van der Waals surface area (Å²) < 4.78 is 1.04. The minimum absolute atomic E-state index is 0.0537. The number of aliphatic hydroxyl groups is 1. The molecule has 1 fully saturated rings. The molecule has 1 saturated heterocycles. The average Bonchev–Trinajstić information content (AvgIpc) is 2.61. The molecule has 2 nitrogen and oxygen atoms in total. The lowest BCUT2D eigenvalue weighted by Crippen LogP contribution is -2.41. The first-order valence-electron chi connectivity index (χ1n) is 8.83. The number of benzene rings is 2. The molecule has 0 aliphatic carbocycles. The van der Waals surface area contributed by atoms with Crippen molar-refractivity contribution in [1.29, 1.82) is 0 Å². The van der Waals surface area contributed by atoms with Crippen LogP contribution in [0.1, 0.15) is 43.2 Å². The predicted octanol–water partition coefficient (Wildman–Crippen LogP) is 4.93. The van der Waals surface area contributed by atoms with Gasteiger partial charge in [0.05, 0.1) is 5.60 Å². The Balaban J connectivity index is 1.91. The summed E-state index contributed by atoms with van der Waals surface area (Å²) in [6, 6.07) is 18.5. The molecular formula is C21H26BrNO. The molecule has 24 heavy (non-hydrogen) atoms. The Kier molecular flexibility index (Phi) is 5.75. The third-order valence-electron chi connectivity index (χ3n) is 5.20. The third kappa shape index (κ3) is 4.08. The van der Waals surface area contributed by atoms with E-state index < -0.39 is 5.60 Å². The maximum Gasteiger partial charge on any atom is 0.0949 e. The summed E-state index contributed by atoms with van der Waals surface area (Å²) in [4.78, 5) is 2.51. The molecule has 1 heterocycles. The number of rotatable bonds is 5. The molecule has 0 unspecified atom stereocenters. The summed E-state index contributed by atoms with van der Waals surface area (Å²) >= 11 is 3.48. The smallest absolute Gasteiger partial charge is 0.0949 e. The van der Waals surface area contributed by atoms with E-state index in [0.717, 1.165) is 29.7 Å². The van der Waals surface area contributed by atoms with Gasteiger partial charge in [0.1, 0.15) is 0 Å². The van der Waals surface area contributed by atoms with Gasteiger partial charge < -0.3 is 10.0 Å². The van der Waals surface area contributed by atoms with Gasteiger partial charge in [0.25, 0.3) is 0 Å². The van der Waals surface area contributed by atoms with E-state index in [1.807, 2.05) is 37.3 Å². The quantitative estimate of drug-likeness (QED) is 0.786. The normalized spacial score (nSPS) is 19.6. The molecule has 128 valence electrons. The Labute approximate surface area is 153 Å². The van der Waals surface area contributed by atoms with Crippen LogP contribution in [-0.2, 0) is 5.60 Å². The van der Waals surface area contributed by atoms with Crippen molar-refractivity contribution in [1.82, 2.24) is 4.90 Å². The van der Waals surface area contributed by atoms with E-state index in [-0.39, 0.29) is 5.92 Å². The Morgan fingerprint density at radius 2 is 1.62 bits per heavy atom. The number of halogens is 1. The van der Waals surface area contributed by atoms with Crippen molar-refractivity contribution in [3.05, 3.63) is 70.2 Å². The van der Waals surface area contributed by atoms with Crippen molar-refractivity contribution in [3.63, 3.8) is 0 Å². The first-order chi connectivity index (χ1) is 11.6. The Morgan fingerprint density at radius 3 is 2.25 bits per heavy atom. The minimum atomic E-state index is -0.903. The van der Waals surface area contributed by atoms with E-state index in [1.54, 1.807) is 0 Å². The molecule has 1 aliphatic heterocycles. The van der Waals surface area contributed by atoms with E-state index in [1.165, 1.54) is 24.8 Å². The molecule has 2 aromatic carbocycles. The van der Waals surface area contributed by atoms with Gasteiger partial charge in [-0.1, -0.05) is 64.8 Å². The number of nitrogens with zero attached hydrogens (tertiary/aromatic N) is 1. The molecule has 0 radical (unpaired) electrons. The van der Waals surface area contributed by atoms with Gasteiger partial charge in [0.2, 0.25) is 0 Å². The zero-order valence-corrected chi connectivity index (χ0v) is 15.9. The highest BCUT2D eigenvalue weighted by Gasteiger charge is 2.36. The van der Waals surface area contributed by atoms with Crippen LogP contribution in [-0.4, -0.2) is 29.6 Å². The highest BCUT2D eigenvalue weighted by Crippen LogP contribution is 2.38. The Bertz CT molecular complexity index is 633. The zero-order valence-electron chi connectivity index (χ0n) is 14.3. The number of hydrogen-bond acceptors (Lipinski definition) is 2. The monoisotopic (exact) mass is 387 g/mol. The third-order valence-corrected chi connectivity index (χ3v) is 5.73. The highest BCUT2D eigenvalue weighted by molar-refractivity contribution is 9.10. The minimum Gasteiger partial charge on any atom is -0.385 e. The van der Waals surface area contributed by atoms with Gasteiger partial charge in [0.15, 0.2) is 0 Å². The van der Waals surface area contributed by atoms with Crippen LogP contribution in [0.25, 0.3) is 0 Å². The van der Waals surface area contributed by atoms with Crippen molar-refractivity contribution in [2.45, 2.75) is 37.7 Å². The van der Waals surface area contributed by atoms with Gasteiger partial charge in [-0.25, -0.2) is 0 Å². The molecule has 3 rings (SSSR count). The van der Waals surface area contributed by atoms with Crippen LogP contribution in [0.5, 0.6) is 0 Å². The molecule has 0 bridgehead atoms. The summed E-state index contributed by atoms with van der Waals surface area (Å²) in [6.07, 6.45) is 3.86. The van der Waals surface area contributed by atoms with Gasteiger partial charge in [0, 0.05) is 16.9 Å². The molecule has 0 saturated carbocycles. The first-order valence-corrected chi connectivity index (χ1v) is 9.62. The molecule has 2 aromatic rings. The number of hydrogen-bond donors (Lipinski definition) is 1. The van der Waals surface area contributed by atoms with Crippen molar-refractivity contribution < 1.29 is 5.11 Å². The zero-order chi connectivity index (χ0) is 17.0. The van der Waals surface area contributed by atoms with E-state index in [2.05, 4.69) is 45.1 Å². The molecule has 1 aliphatic rings. The molecule has 0 spiro atoms. The van der Waals surface area contributed by atoms with Crippen molar-refractivity contribution in [2.24, 2.45) is 0 Å². The van der Waals surface area contributed by atoms with Crippen LogP contribution in [0.2, 0.25) is 0 Å². The second-order valence-electron chi connectivity index (χ2n) is 6.98. The fourth-order valence-corrected chi connectivity index (χ4v) is 3.95. The fraction of sp³-hybridized carbons (Fsp3) is 0.429.